The van der Waals surface area contributed by atoms with E-state index < -0.39 is 5.91 Å². The number of aromatic nitrogens is 2. The van der Waals surface area contributed by atoms with Gasteiger partial charge in [0.1, 0.15) is 0 Å². The van der Waals surface area contributed by atoms with E-state index in [4.69, 9.17) is 19.9 Å². The summed E-state index contributed by atoms with van der Waals surface area (Å²) in [5.74, 6) is -0.234. The number of primary amides is 1. The molecule has 0 aliphatic heterocycles. The van der Waals surface area contributed by atoms with Crippen molar-refractivity contribution in [3.05, 3.63) is 71.5 Å². The van der Waals surface area contributed by atoms with Crippen LogP contribution in [0.4, 0.5) is 0 Å². The van der Waals surface area contributed by atoms with Crippen LogP contribution in [-0.4, -0.2) is 42.4 Å². The van der Waals surface area contributed by atoms with Crippen molar-refractivity contribution in [3.8, 4) is 17.2 Å². The third-order valence-corrected chi connectivity index (χ3v) is 4.43. The Hall–Kier alpha value is -4.01. The van der Waals surface area contributed by atoms with E-state index in [1.165, 1.54) is 26.4 Å². The monoisotopic (exact) mass is 424 g/mol. The molecule has 0 atom stereocenters. The maximum Gasteiger partial charge on any atom is 0.255 e. The van der Waals surface area contributed by atoms with Crippen molar-refractivity contribution in [2.24, 2.45) is 5.73 Å². The SMILES string of the molecule is COc1cc(C(=O)NCc2cccc(Cn3cccn3)c2)cc(OC)c1OCC(N)=O. The fraction of sp³-hybridized carbons (Fsp3) is 0.227. The number of nitrogens with one attached hydrogen (secondary N) is 1. The van der Waals surface area contributed by atoms with Crippen LogP contribution in [0.15, 0.2) is 54.9 Å². The number of hydrogen-bond acceptors (Lipinski definition) is 6. The Morgan fingerprint density at radius 1 is 1.06 bits per heavy atom. The van der Waals surface area contributed by atoms with Gasteiger partial charge >= 0.3 is 0 Å². The van der Waals surface area contributed by atoms with Crippen molar-refractivity contribution in [1.29, 1.82) is 0 Å². The zero-order valence-electron chi connectivity index (χ0n) is 17.3. The van der Waals surface area contributed by atoms with Crippen molar-refractivity contribution in [3.63, 3.8) is 0 Å². The quantitative estimate of drug-likeness (QED) is 0.512. The molecule has 0 aliphatic rings. The lowest BCUT2D eigenvalue weighted by Crippen LogP contribution is -2.23. The first-order valence-electron chi connectivity index (χ1n) is 9.50. The van der Waals surface area contributed by atoms with Gasteiger partial charge in [-0.3, -0.25) is 14.3 Å². The van der Waals surface area contributed by atoms with Crippen molar-refractivity contribution in [1.82, 2.24) is 15.1 Å². The number of ether oxygens (including phenoxy) is 3. The van der Waals surface area contributed by atoms with E-state index in [-0.39, 0.29) is 29.8 Å². The molecule has 0 spiro atoms. The van der Waals surface area contributed by atoms with E-state index in [1.807, 2.05) is 41.2 Å². The Kier molecular flexibility index (Phi) is 7.10. The summed E-state index contributed by atoms with van der Waals surface area (Å²) in [6.45, 7) is 0.652. The van der Waals surface area contributed by atoms with Gasteiger partial charge in [0, 0.05) is 24.5 Å². The number of hydrogen-bond donors (Lipinski definition) is 2. The molecule has 0 bridgehead atoms. The van der Waals surface area contributed by atoms with Crippen LogP contribution in [0.1, 0.15) is 21.5 Å². The highest BCUT2D eigenvalue weighted by Crippen LogP contribution is 2.38. The minimum atomic E-state index is -0.638. The first-order valence-corrected chi connectivity index (χ1v) is 9.50. The van der Waals surface area contributed by atoms with Crippen molar-refractivity contribution in [2.45, 2.75) is 13.1 Å². The van der Waals surface area contributed by atoms with Crippen LogP contribution in [0.5, 0.6) is 17.2 Å². The number of amides is 2. The predicted molar refractivity (Wildman–Crippen MR) is 113 cm³/mol. The molecule has 9 heteroatoms. The molecule has 2 amide bonds. The van der Waals surface area contributed by atoms with Gasteiger partial charge < -0.3 is 25.3 Å². The van der Waals surface area contributed by atoms with Gasteiger partial charge in [-0.05, 0) is 29.3 Å². The predicted octanol–water partition coefficient (Wildman–Crippen LogP) is 1.74. The molecule has 0 fully saturated rings. The molecule has 2 aromatic carbocycles. The highest BCUT2D eigenvalue weighted by Gasteiger charge is 2.18. The molecular formula is C22H24N4O5. The Bertz CT molecular complexity index is 1020. The molecule has 0 unspecified atom stereocenters. The van der Waals surface area contributed by atoms with E-state index >= 15 is 0 Å². The normalized spacial score (nSPS) is 10.4. The standard InChI is InChI=1S/C22H24N4O5/c1-29-18-10-17(11-19(30-2)21(18)31-14-20(23)27)22(28)24-12-15-5-3-6-16(9-15)13-26-8-4-7-25-26/h3-11H,12-14H2,1-2H3,(H2,23,27)(H,24,28). The van der Waals surface area contributed by atoms with Crippen LogP contribution in [0.2, 0.25) is 0 Å². The second kappa shape index (κ2) is 10.1. The molecule has 1 aromatic heterocycles. The molecule has 0 aliphatic carbocycles. The minimum Gasteiger partial charge on any atom is -0.493 e. The van der Waals surface area contributed by atoms with Gasteiger partial charge in [0.2, 0.25) is 5.75 Å². The molecule has 162 valence electrons. The fourth-order valence-corrected chi connectivity index (χ4v) is 3.00. The lowest BCUT2D eigenvalue weighted by Gasteiger charge is -2.15. The summed E-state index contributed by atoms with van der Waals surface area (Å²) in [7, 11) is 2.86. The first kappa shape index (κ1) is 21.7. The van der Waals surface area contributed by atoms with Crippen LogP contribution >= 0.6 is 0 Å². The van der Waals surface area contributed by atoms with Gasteiger partial charge in [-0.2, -0.15) is 5.10 Å². The Labute approximate surface area is 179 Å². The topological polar surface area (TPSA) is 118 Å². The summed E-state index contributed by atoms with van der Waals surface area (Å²) in [6.07, 6.45) is 3.63. The fourth-order valence-electron chi connectivity index (χ4n) is 3.00. The van der Waals surface area contributed by atoms with Gasteiger partial charge in [0.05, 0.1) is 20.8 Å². The Morgan fingerprint density at radius 3 is 2.39 bits per heavy atom. The van der Waals surface area contributed by atoms with Crippen LogP contribution in [0.3, 0.4) is 0 Å². The van der Waals surface area contributed by atoms with Gasteiger partial charge in [0.15, 0.2) is 18.1 Å². The summed E-state index contributed by atoms with van der Waals surface area (Å²) in [5, 5.41) is 7.09. The number of methoxy groups -OCH3 is 2. The maximum absolute atomic E-state index is 12.7. The lowest BCUT2D eigenvalue weighted by molar-refractivity contribution is -0.120. The van der Waals surface area contributed by atoms with Gasteiger partial charge in [-0.25, -0.2) is 0 Å². The summed E-state index contributed by atoms with van der Waals surface area (Å²) < 4.78 is 17.8. The molecule has 1 heterocycles. The first-order chi connectivity index (χ1) is 15.0. The van der Waals surface area contributed by atoms with E-state index in [9.17, 15) is 9.59 Å². The number of rotatable bonds is 10. The van der Waals surface area contributed by atoms with Crippen LogP contribution in [-0.2, 0) is 17.9 Å². The Morgan fingerprint density at radius 2 is 1.77 bits per heavy atom. The smallest absolute Gasteiger partial charge is 0.255 e. The zero-order valence-corrected chi connectivity index (χ0v) is 17.3. The van der Waals surface area contributed by atoms with Crippen molar-refractivity contribution < 1.29 is 23.8 Å². The summed E-state index contributed by atoms with van der Waals surface area (Å²) >= 11 is 0. The average molecular weight is 424 g/mol. The van der Waals surface area contributed by atoms with E-state index in [0.717, 1.165) is 11.1 Å². The summed E-state index contributed by atoms with van der Waals surface area (Å²) in [4.78, 5) is 23.7. The number of carbonyl (C=O) groups excluding carboxylic acids is 2. The molecule has 3 rings (SSSR count). The molecule has 9 nitrogen and oxygen atoms in total. The van der Waals surface area contributed by atoms with E-state index in [1.54, 1.807) is 6.20 Å². The minimum absolute atomic E-state index is 0.201. The third kappa shape index (κ3) is 5.75. The lowest BCUT2D eigenvalue weighted by atomic mass is 10.1. The van der Waals surface area contributed by atoms with Crippen molar-refractivity contribution in [2.75, 3.05) is 20.8 Å². The second-order valence-electron chi connectivity index (χ2n) is 6.67. The van der Waals surface area contributed by atoms with Crippen LogP contribution in [0, 0.1) is 0 Å². The molecule has 3 aromatic rings. The highest BCUT2D eigenvalue weighted by molar-refractivity contribution is 5.95. The average Bonchev–Trinajstić information content (AvgIpc) is 3.28. The molecular weight excluding hydrogens is 400 g/mol. The second-order valence-corrected chi connectivity index (χ2v) is 6.67. The van der Waals surface area contributed by atoms with Gasteiger partial charge in [-0.15, -0.1) is 0 Å². The molecule has 0 radical (unpaired) electrons. The number of nitrogens with two attached hydrogens (primary N) is 1. The number of nitrogens with zero attached hydrogens (tertiary/aromatic N) is 2. The number of carbonyl (C=O) groups is 2. The van der Waals surface area contributed by atoms with E-state index in [2.05, 4.69) is 10.4 Å². The third-order valence-electron chi connectivity index (χ3n) is 4.43. The molecule has 31 heavy (non-hydrogen) atoms. The number of benzene rings is 2. The van der Waals surface area contributed by atoms with Crippen LogP contribution < -0.4 is 25.3 Å². The Balaban J connectivity index is 1.71. The van der Waals surface area contributed by atoms with Gasteiger partial charge in [0.25, 0.3) is 11.8 Å². The van der Waals surface area contributed by atoms with Gasteiger partial charge in [-0.1, -0.05) is 24.3 Å². The molecule has 3 N–H and O–H groups in total. The van der Waals surface area contributed by atoms with Crippen molar-refractivity contribution >= 4 is 11.8 Å². The summed E-state index contributed by atoms with van der Waals surface area (Å²) in [5.41, 5.74) is 7.49. The molecule has 0 saturated carbocycles. The zero-order chi connectivity index (χ0) is 22.2. The molecule has 0 saturated heterocycles. The highest BCUT2D eigenvalue weighted by atomic mass is 16.5. The maximum atomic E-state index is 12.7. The largest absolute Gasteiger partial charge is 0.493 e. The van der Waals surface area contributed by atoms with Crippen LogP contribution in [0.25, 0.3) is 0 Å². The summed E-state index contributed by atoms with van der Waals surface area (Å²) in [6, 6.07) is 12.8. The van der Waals surface area contributed by atoms with E-state index in [0.29, 0.717) is 18.7 Å².